The molecule has 2 heterocycles. The minimum atomic E-state index is -0.511. The summed E-state index contributed by atoms with van der Waals surface area (Å²) in [4.78, 5) is 30.3. The molecule has 2 aromatic rings. The van der Waals surface area contributed by atoms with Crippen LogP contribution >= 0.6 is 11.3 Å². The summed E-state index contributed by atoms with van der Waals surface area (Å²) in [5, 5.41) is 4.25. The van der Waals surface area contributed by atoms with Crippen molar-refractivity contribution in [3.63, 3.8) is 0 Å². The van der Waals surface area contributed by atoms with Gasteiger partial charge in [-0.25, -0.2) is 0 Å². The van der Waals surface area contributed by atoms with E-state index in [1.54, 1.807) is 16.2 Å². The number of likely N-dealkylation sites (tertiary alicyclic amines) is 1. The third-order valence-electron chi connectivity index (χ3n) is 7.82. The monoisotopic (exact) mass is 436 g/mol. The molecular formula is C26H32N2O2S. The second-order valence-electron chi connectivity index (χ2n) is 10.0. The minimum absolute atomic E-state index is 0.151. The number of carbonyl (C=O) groups is 2. The fourth-order valence-corrected chi connectivity index (χ4v) is 6.80. The summed E-state index contributed by atoms with van der Waals surface area (Å²) in [5.41, 5.74) is 3.10. The van der Waals surface area contributed by atoms with Crippen molar-refractivity contribution in [3.8, 4) is 11.1 Å². The number of fused-ring (bicyclic) bond motifs is 1. The Bertz CT molecular complexity index is 940. The van der Waals surface area contributed by atoms with Gasteiger partial charge in [0.2, 0.25) is 11.8 Å². The standard InChI is InChI=1S/C26H32N2O2S/c1-27(2)25(30)26(15-18-7-9-19(10-8-18)20-11-14-31-16-20)12-13-28(17-26)24(29)23-21-5-3-4-6-22(21)23/h7-11,14,16,21-23H,3-6,12-13,15,17H2,1-2H3/t21-,22+,23?,26-/m0/s1. The van der Waals surface area contributed by atoms with Gasteiger partial charge >= 0.3 is 0 Å². The van der Waals surface area contributed by atoms with Crippen LogP contribution in [-0.2, 0) is 16.0 Å². The molecule has 3 fully saturated rings. The van der Waals surface area contributed by atoms with E-state index in [9.17, 15) is 9.59 Å². The van der Waals surface area contributed by atoms with E-state index in [0.717, 1.165) is 6.42 Å². The molecule has 1 unspecified atom stereocenters. The highest BCUT2D eigenvalue weighted by molar-refractivity contribution is 7.08. The number of hydrogen-bond donors (Lipinski definition) is 0. The lowest BCUT2D eigenvalue weighted by atomic mass is 9.79. The van der Waals surface area contributed by atoms with E-state index in [0.29, 0.717) is 37.3 Å². The van der Waals surface area contributed by atoms with Crippen molar-refractivity contribution in [2.24, 2.45) is 23.2 Å². The Labute approximate surface area is 189 Å². The maximum atomic E-state index is 13.3. The maximum absolute atomic E-state index is 13.3. The molecule has 0 N–H and O–H groups in total. The number of benzene rings is 1. The molecule has 1 aliphatic heterocycles. The predicted octanol–water partition coefficient (Wildman–Crippen LogP) is 4.70. The van der Waals surface area contributed by atoms with Gasteiger partial charge in [0.1, 0.15) is 0 Å². The summed E-state index contributed by atoms with van der Waals surface area (Å²) in [6.45, 7) is 1.27. The van der Waals surface area contributed by atoms with Crippen molar-refractivity contribution in [3.05, 3.63) is 46.7 Å². The molecule has 2 amide bonds. The van der Waals surface area contributed by atoms with Crippen LogP contribution in [0.2, 0.25) is 0 Å². The zero-order valence-corrected chi connectivity index (χ0v) is 19.4. The number of thiophene rings is 1. The average molecular weight is 437 g/mol. The topological polar surface area (TPSA) is 40.6 Å². The smallest absolute Gasteiger partial charge is 0.230 e. The Morgan fingerprint density at radius 2 is 1.77 bits per heavy atom. The van der Waals surface area contributed by atoms with Crippen molar-refractivity contribution in [2.75, 3.05) is 27.2 Å². The number of rotatable bonds is 5. The molecule has 0 spiro atoms. The summed E-state index contributed by atoms with van der Waals surface area (Å²) in [5.74, 6) is 1.93. The van der Waals surface area contributed by atoms with Gasteiger partial charge in [0, 0.05) is 33.1 Å². The molecular weight excluding hydrogens is 404 g/mol. The molecule has 5 rings (SSSR count). The Kier molecular flexibility index (Phi) is 5.41. The van der Waals surface area contributed by atoms with Crippen LogP contribution in [0.25, 0.3) is 11.1 Å². The van der Waals surface area contributed by atoms with E-state index < -0.39 is 5.41 Å². The highest BCUT2D eigenvalue weighted by Crippen LogP contribution is 2.56. The second-order valence-corrected chi connectivity index (χ2v) is 10.8. The SMILES string of the molecule is CN(C)C(=O)[C@]1(Cc2ccc(-c3ccsc3)cc2)CCN(C(=O)C2[C@H]3CCCC[C@@H]23)C1. The van der Waals surface area contributed by atoms with E-state index in [1.165, 1.54) is 42.4 Å². The zero-order valence-electron chi connectivity index (χ0n) is 18.5. The molecule has 4 atom stereocenters. The van der Waals surface area contributed by atoms with E-state index in [1.807, 2.05) is 19.0 Å². The van der Waals surface area contributed by atoms with Gasteiger partial charge < -0.3 is 9.80 Å². The highest BCUT2D eigenvalue weighted by Gasteiger charge is 2.57. The molecule has 164 valence electrons. The lowest BCUT2D eigenvalue weighted by Gasteiger charge is -2.31. The Hall–Kier alpha value is -2.14. The van der Waals surface area contributed by atoms with Gasteiger partial charge in [-0.05, 0) is 71.0 Å². The molecule has 1 aromatic heterocycles. The van der Waals surface area contributed by atoms with Crippen LogP contribution in [0.3, 0.4) is 0 Å². The van der Waals surface area contributed by atoms with Crippen LogP contribution in [0.5, 0.6) is 0 Å². The Balaban J connectivity index is 1.33. The molecule has 0 bridgehead atoms. The van der Waals surface area contributed by atoms with Gasteiger partial charge in [0.05, 0.1) is 5.41 Å². The van der Waals surface area contributed by atoms with E-state index >= 15 is 0 Å². The summed E-state index contributed by atoms with van der Waals surface area (Å²) in [7, 11) is 3.67. The van der Waals surface area contributed by atoms with Gasteiger partial charge in [-0.1, -0.05) is 37.1 Å². The zero-order chi connectivity index (χ0) is 21.6. The van der Waals surface area contributed by atoms with Crippen molar-refractivity contribution < 1.29 is 9.59 Å². The summed E-state index contributed by atoms with van der Waals surface area (Å²) >= 11 is 1.70. The third kappa shape index (κ3) is 3.82. The molecule has 1 aromatic carbocycles. The molecule has 1 saturated heterocycles. The van der Waals surface area contributed by atoms with E-state index in [-0.39, 0.29) is 11.8 Å². The fraction of sp³-hybridized carbons (Fsp3) is 0.538. The van der Waals surface area contributed by atoms with Crippen LogP contribution in [0.1, 0.15) is 37.7 Å². The fourth-order valence-electron chi connectivity index (χ4n) is 6.13. The summed E-state index contributed by atoms with van der Waals surface area (Å²) in [6.07, 6.45) is 6.42. The van der Waals surface area contributed by atoms with Gasteiger partial charge in [-0.3, -0.25) is 9.59 Å². The van der Waals surface area contributed by atoms with Crippen LogP contribution in [0.4, 0.5) is 0 Å². The number of hydrogen-bond acceptors (Lipinski definition) is 3. The lowest BCUT2D eigenvalue weighted by Crippen LogP contribution is -2.45. The van der Waals surface area contributed by atoms with Gasteiger partial charge in [0.25, 0.3) is 0 Å². The number of carbonyl (C=O) groups excluding carboxylic acids is 2. The molecule has 4 nitrogen and oxygen atoms in total. The number of nitrogens with zero attached hydrogens (tertiary/aromatic N) is 2. The largest absolute Gasteiger partial charge is 0.348 e. The Morgan fingerprint density at radius 1 is 1.06 bits per heavy atom. The molecule has 0 radical (unpaired) electrons. The van der Waals surface area contributed by atoms with Crippen molar-refractivity contribution >= 4 is 23.2 Å². The summed E-state index contributed by atoms with van der Waals surface area (Å²) in [6, 6.07) is 10.7. The summed E-state index contributed by atoms with van der Waals surface area (Å²) < 4.78 is 0. The molecule has 3 aliphatic rings. The van der Waals surface area contributed by atoms with Crippen LogP contribution < -0.4 is 0 Å². The molecule has 5 heteroatoms. The quantitative estimate of drug-likeness (QED) is 0.682. The molecule has 31 heavy (non-hydrogen) atoms. The predicted molar refractivity (Wildman–Crippen MR) is 125 cm³/mol. The van der Waals surface area contributed by atoms with Crippen LogP contribution in [0, 0.1) is 23.2 Å². The van der Waals surface area contributed by atoms with Gasteiger partial charge in [-0.15, -0.1) is 0 Å². The van der Waals surface area contributed by atoms with Crippen molar-refractivity contribution in [1.29, 1.82) is 0 Å². The number of amides is 2. The van der Waals surface area contributed by atoms with Gasteiger partial charge in [-0.2, -0.15) is 11.3 Å². The minimum Gasteiger partial charge on any atom is -0.348 e. The van der Waals surface area contributed by atoms with Gasteiger partial charge in [0.15, 0.2) is 0 Å². The lowest BCUT2D eigenvalue weighted by molar-refractivity contribution is -0.140. The highest BCUT2D eigenvalue weighted by atomic mass is 32.1. The van der Waals surface area contributed by atoms with E-state index in [2.05, 4.69) is 41.1 Å². The van der Waals surface area contributed by atoms with Crippen molar-refractivity contribution in [1.82, 2.24) is 9.80 Å². The third-order valence-corrected chi connectivity index (χ3v) is 8.50. The first-order valence-corrected chi connectivity index (χ1v) is 12.5. The first-order valence-electron chi connectivity index (χ1n) is 11.6. The molecule has 2 saturated carbocycles. The van der Waals surface area contributed by atoms with Crippen LogP contribution in [0.15, 0.2) is 41.1 Å². The second kappa shape index (κ2) is 8.09. The average Bonchev–Trinajstić information content (AvgIpc) is 3.09. The van der Waals surface area contributed by atoms with E-state index in [4.69, 9.17) is 0 Å². The molecule has 2 aliphatic carbocycles. The normalized spacial score (nSPS) is 29.5. The first-order chi connectivity index (χ1) is 15.0. The van der Waals surface area contributed by atoms with Crippen LogP contribution in [-0.4, -0.2) is 48.8 Å². The Morgan fingerprint density at radius 3 is 2.39 bits per heavy atom. The maximum Gasteiger partial charge on any atom is 0.230 e. The first kappa shape index (κ1) is 20.7. The van der Waals surface area contributed by atoms with Crippen molar-refractivity contribution in [2.45, 2.75) is 38.5 Å².